The van der Waals surface area contributed by atoms with E-state index >= 15 is 0 Å². The van der Waals surface area contributed by atoms with E-state index in [0.717, 1.165) is 0 Å². The molecule has 0 aromatic heterocycles. The number of thiol groups is 2. The average molecular weight is 132 g/mol. The molecule has 0 bridgehead atoms. The van der Waals surface area contributed by atoms with E-state index in [9.17, 15) is 8.22 Å². The summed E-state index contributed by atoms with van der Waals surface area (Å²) in [6.07, 6.45) is 0. The molecule has 0 aliphatic heterocycles. The molecule has 5 heavy (non-hydrogen) atoms. The molecule has 0 aliphatic rings. The van der Waals surface area contributed by atoms with Crippen LogP contribution in [0.25, 0.3) is 0 Å². The third-order valence-electron chi connectivity index (χ3n) is 0. The molecule has 0 aromatic carbocycles. The maximum absolute atomic E-state index is 10.9. The number of hydrogen-bond donors (Lipinski definition) is 2. The first-order valence-corrected chi connectivity index (χ1v) is 5.16. The Hall–Kier alpha value is 0.777. The molecule has 0 aliphatic carbocycles. The molecule has 0 atom stereocenters. The Labute approximate surface area is 40.0 Å². The smallest absolute Gasteiger partial charge is 0.247 e. The van der Waals surface area contributed by atoms with Crippen molar-refractivity contribution in [1.82, 2.24) is 0 Å². The number of hydrogen-bond acceptors (Lipinski definition) is 2. The Morgan fingerprint density at radius 3 is 1.20 bits per heavy atom. The Balaban J connectivity index is 3.02. The monoisotopic (exact) mass is 132 g/mol. The van der Waals surface area contributed by atoms with Crippen LogP contribution in [0.2, 0.25) is 0 Å². The Bertz CT molecular complexity index is 23.1. The van der Waals surface area contributed by atoms with Gasteiger partial charge in [-0.05, 0) is 0 Å². The summed E-state index contributed by atoms with van der Waals surface area (Å²) in [5, 5.41) is 0. The van der Waals surface area contributed by atoms with Crippen LogP contribution in [-0.2, 0) is 0 Å². The van der Waals surface area contributed by atoms with Gasteiger partial charge in [0.1, 0.15) is 0 Å². The van der Waals surface area contributed by atoms with Gasteiger partial charge in [0.25, 0.3) is 0 Å². The van der Waals surface area contributed by atoms with E-state index in [4.69, 9.17) is 0 Å². The molecule has 0 rings (SSSR count). The van der Waals surface area contributed by atoms with E-state index in [1.807, 2.05) is 0 Å². The van der Waals surface area contributed by atoms with Gasteiger partial charge in [0, 0.05) is 0 Å². The van der Waals surface area contributed by atoms with Crippen LogP contribution in [0.4, 0.5) is 8.22 Å². The van der Waals surface area contributed by atoms with E-state index in [0.29, 0.717) is 0 Å². The van der Waals surface area contributed by atoms with Crippen molar-refractivity contribution in [2.75, 3.05) is 0 Å². The van der Waals surface area contributed by atoms with Gasteiger partial charge in [0.2, 0.25) is 0 Å². The zero-order valence-corrected chi connectivity index (χ0v) is 4.94. The van der Waals surface area contributed by atoms with Gasteiger partial charge in [0.15, 0.2) is 0 Å². The van der Waals surface area contributed by atoms with Crippen LogP contribution < -0.4 is 0 Å². The molecule has 0 unspecified atom stereocenters. The highest BCUT2D eigenvalue weighted by Gasteiger charge is 2.21. The molecular formula is H2F2S2Si. The topological polar surface area (TPSA) is 0 Å². The molecule has 0 nitrogen and oxygen atoms in total. The largest absolute Gasteiger partial charge is 0.544 e. The zero-order valence-electron chi connectivity index (χ0n) is 2.15. The van der Waals surface area contributed by atoms with Crippen molar-refractivity contribution in [1.29, 1.82) is 0 Å². The van der Waals surface area contributed by atoms with Gasteiger partial charge in [-0.1, -0.05) is 0 Å². The molecule has 0 radical (unpaired) electrons. The van der Waals surface area contributed by atoms with Gasteiger partial charge in [-0.3, -0.25) is 0 Å². The van der Waals surface area contributed by atoms with Crippen LogP contribution in [0.15, 0.2) is 0 Å². The maximum Gasteiger partial charge on any atom is 0.544 e. The van der Waals surface area contributed by atoms with E-state index in [-0.39, 0.29) is 0 Å². The van der Waals surface area contributed by atoms with Gasteiger partial charge in [0.05, 0.1) is 0 Å². The van der Waals surface area contributed by atoms with Crippen molar-refractivity contribution in [2.45, 2.75) is 0 Å². The Morgan fingerprint density at radius 2 is 1.20 bits per heavy atom. The van der Waals surface area contributed by atoms with Crippen molar-refractivity contribution < 1.29 is 8.22 Å². The van der Waals surface area contributed by atoms with Gasteiger partial charge in [-0.15, -0.1) is 24.2 Å². The summed E-state index contributed by atoms with van der Waals surface area (Å²) < 4.78 is 21.8. The third kappa shape index (κ3) is 61.0. The molecule has 0 spiro atoms. The molecule has 0 aromatic rings. The first-order chi connectivity index (χ1) is 2.00. The fourth-order valence-electron chi connectivity index (χ4n) is 0. The predicted octanol–water partition coefficient (Wildman–Crippen LogP) is 1.22. The number of halogens is 2. The Kier molecular flexibility index (Phi) is 1.71. The summed E-state index contributed by atoms with van der Waals surface area (Å²) in [5.41, 5.74) is 0. The van der Waals surface area contributed by atoms with E-state index in [2.05, 4.69) is 24.2 Å². The highest BCUT2D eigenvalue weighted by molar-refractivity contribution is 8.43. The summed E-state index contributed by atoms with van der Waals surface area (Å²) in [4.78, 5) is 0. The minimum absolute atomic E-state index is 2.79. The highest BCUT2D eigenvalue weighted by Crippen LogP contribution is 2.14. The first-order valence-electron chi connectivity index (χ1n) is 0.825. The minimum atomic E-state index is -4.22. The van der Waals surface area contributed by atoms with Crippen molar-refractivity contribution >= 4 is 31.2 Å². The second kappa shape index (κ2) is 1.48. The molecule has 0 saturated carbocycles. The van der Waals surface area contributed by atoms with Crippen LogP contribution in [0.5, 0.6) is 0 Å². The lowest BCUT2D eigenvalue weighted by atomic mass is 18.8. The molecule has 0 N–H and O–H groups in total. The Morgan fingerprint density at radius 1 is 1.20 bits per heavy atom. The van der Waals surface area contributed by atoms with Crippen molar-refractivity contribution in [3.05, 3.63) is 0 Å². The summed E-state index contributed by atoms with van der Waals surface area (Å²) in [6, 6.07) is 0. The van der Waals surface area contributed by atoms with Gasteiger partial charge < -0.3 is 0 Å². The van der Waals surface area contributed by atoms with Crippen LogP contribution in [-0.4, -0.2) is 7.04 Å². The number of rotatable bonds is 0. The quantitative estimate of drug-likeness (QED) is 0.276. The van der Waals surface area contributed by atoms with Crippen LogP contribution in [0.1, 0.15) is 0 Å². The SMILES string of the molecule is F[Si](F)(S)S. The molecule has 0 fully saturated rings. The lowest BCUT2D eigenvalue weighted by Gasteiger charge is -1.85. The standard InChI is InChI=1S/F2H2S2Si/c1-5(2,3)4/h3-4H. The molecule has 0 saturated heterocycles. The van der Waals surface area contributed by atoms with E-state index in [1.54, 1.807) is 0 Å². The lowest BCUT2D eigenvalue weighted by molar-refractivity contribution is 0.690. The van der Waals surface area contributed by atoms with E-state index in [1.165, 1.54) is 0 Å². The fraction of sp³-hybridized carbons (Fsp3) is 0. The lowest BCUT2D eigenvalue weighted by Crippen LogP contribution is -1.98. The van der Waals surface area contributed by atoms with Gasteiger partial charge in [-0.2, -0.15) is 0 Å². The third-order valence-corrected chi connectivity index (χ3v) is 0. The summed E-state index contributed by atoms with van der Waals surface area (Å²) in [5.74, 6) is 0. The van der Waals surface area contributed by atoms with Gasteiger partial charge in [-0.25, -0.2) is 8.22 Å². The molecule has 32 valence electrons. The first kappa shape index (κ1) is 5.78. The summed E-state index contributed by atoms with van der Waals surface area (Å²) in [7, 11) is -4.22. The van der Waals surface area contributed by atoms with Crippen molar-refractivity contribution in [2.24, 2.45) is 0 Å². The van der Waals surface area contributed by atoms with Crippen molar-refractivity contribution in [3.63, 3.8) is 0 Å². The summed E-state index contributed by atoms with van der Waals surface area (Å²) in [6.45, 7) is 0. The molecular weight excluding hydrogens is 130 g/mol. The minimum Gasteiger partial charge on any atom is -0.247 e. The maximum atomic E-state index is 10.9. The second-order valence-corrected chi connectivity index (χ2v) is 5.96. The normalized spacial score (nSPS) is 12.0. The van der Waals surface area contributed by atoms with Gasteiger partial charge >= 0.3 is 7.04 Å². The highest BCUT2D eigenvalue weighted by atomic mass is 32.5. The fourth-order valence-corrected chi connectivity index (χ4v) is 0. The van der Waals surface area contributed by atoms with E-state index < -0.39 is 7.04 Å². The summed E-state index contributed by atoms with van der Waals surface area (Å²) >= 11 is 5.58. The zero-order chi connectivity index (χ0) is 4.50. The molecule has 0 heterocycles. The van der Waals surface area contributed by atoms with Crippen LogP contribution in [0.3, 0.4) is 0 Å². The predicted molar refractivity (Wildman–Crippen MR) is 25.9 cm³/mol. The molecule has 5 heteroatoms. The van der Waals surface area contributed by atoms with Crippen LogP contribution in [0, 0.1) is 0 Å². The second-order valence-electron chi connectivity index (χ2n) is 0.509. The van der Waals surface area contributed by atoms with Crippen molar-refractivity contribution in [3.8, 4) is 0 Å². The van der Waals surface area contributed by atoms with Crippen LogP contribution >= 0.6 is 24.2 Å². The molecule has 0 amide bonds. The average Bonchev–Trinajstić information content (AvgIpc) is 0.722.